The van der Waals surface area contributed by atoms with E-state index in [2.05, 4.69) is 10.1 Å². The molecule has 0 aromatic rings. The summed E-state index contributed by atoms with van der Waals surface area (Å²) in [5, 5.41) is 2.51. The Bertz CT molecular complexity index is 169. The van der Waals surface area contributed by atoms with Crippen molar-refractivity contribution in [2.24, 2.45) is 0 Å². The number of ether oxygens (including phenoxy) is 3. The minimum absolute atomic E-state index is 0.443. The van der Waals surface area contributed by atoms with Gasteiger partial charge in [-0.05, 0) is 12.8 Å². The molecule has 0 atom stereocenters. The van der Waals surface area contributed by atoms with E-state index in [1.54, 1.807) is 0 Å². The van der Waals surface area contributed by atoms with Crippen molar-refractivity contribution in [2.45, 2.75) is 12.8 Å². The van der Waals surface area contributed by atoms with Crippen molar-refractivity contribution < 1.29 is 19.0 Å². The number of alkyl carbamates (subject to hydrolysis) is 1. The number of nitrogens with one attached hydrogen (secondary N) is 1. The zero-order chi connectivity index (χ0) is 12.1. The van der Waals surface area contributed by atoms with Crippen LogP contribution in [0.2, 0.25) is 0 Å². The zero-order valence-electron chi connectivity index (χ0n) is 9.67. The Labute approximate surface area is 101 Å². The third-order valence-electron chi connectivity index (χ3n) is 1.75. The lowest BCUT2D eigenvalue weighted by atomic mass is 10.4. The van der Waals surface area contributed by atoms with Crippen LogP contribution in [0.15, 0.2) is 0 Å². The van der Waals surface area contributed by atoms with Gasteiger partial charge in [0.05, 0.1) is 26.9 Å². The summed E-state index contributed by atoms with van der Waals surface area (Å²) in [5.41, 5.74) is 0. The van der Waals surface area contributed by atoms with Crippen LogP contribution in [-0.2, 0) is 14.2 Å². The fourth-order valence-electron chi connectivity index (χ4n) is 0.918. The number of hydrogen-bond acceptors (Lipinski definition) is 4. The second kappa shape index (κ2) is 12.5. The molecule has 0 spiro atoms. The van der Waals surface area contributed by atoms with Crippen LogP contribution in [0.3, 0.4) is 0 Å². The Kier molecular flexibility index (Phi) is 12.1. The maximum atomic E-state index is 10.6. The van der Waals surface area contributed by atoms with E-state index in [1.165, 1.54) is 7.11 Å². The van der Waals surface area contributed by atoms with Gasteiger partial charge in [0.1, 0.15) is 0 Å². The molecular formula is C10H20ClNO4. The molecule has 1 N–H and O–H groups in total. The van der Waals surface area contributed by atoms with Gasteiger partial charge >= 0.3 is 6.09 Å². The predicted molar refractivity (Wildman–Crippen MR) is 62.0 cm³/mol. The molecule has 1 amide bonds. The molecule has 0 aromatic carbocycles. The average Bonchev–Trinajstić information content (AvgIpc) is 2.31. The predicted octanol–water partition coefficient (Wildman–Crippen LogP) is 1.39. The van der Waals surface area contributed by atoms with Crippen LogP contribution in [0.5, 0.6) is 0 Å². The Hall–Kier alpha value is -0.520. The molecule has 0 aliphatic heterocycles. The molecular weight excluding hydrogens is 234 g/mol. The number of carbonyl (C=O) groups excluding carboxylic acids is 1. The number of carbonyl (C=O) groups is 1. The van der Waals surface area contributed by atoms with Gasteiger partial charge in [0.15, 0.2) is 0 Å². The van der Waals surface area contributed by atoms with Gasteiger partial charge in [0.25, 0.3) is 0 Å². The number of rotatable bonds is 10. The molecule has 0 saturated carbocycles. The van der Waals surface area contributed by atoms with Crippen LogP contribution < -0.4 is 5.32 Å². The Balaban J connectivity index is 2.96. The lowest BCUT2D eigenvalue weighted by Crippen LogP contribution is -2.27. The Morgan fingerprint density at radius 1 is 1.12 bits per heavy atom. The first kappa shape index (κ1) is 15.5. The van der Waals surface area contributed by atoms with Crippen LogP contribution in [0.1, 0.15) is 12.8 Å². The molecule has 16 heavy (non-hydrogen) atoms. The van der Waals surface area contributed by atoms with Crippen molar-refractivity contribution >= 4 is 17.7 Å². The normalized spacial score (nSPS) is 10.1. The zero-order valence-corrected chi connectivity index (χ0v) is 10.4. The monoisotopic (exact) mass is 253 g/mol. The summed E-state index contributed by atoms with van der Waals surface area (Å²) in [7, 11) is 1.32. The van der Waals surface area contributed by atoms with Gasteiger partial charge in [-0.1, -0.05) is 0 Å². The minimum Gasteiger partial charge on any atom is -0.453 e. The van der Waals surface area contributed by atoms with Gasteiger partial charge in [-0.2, -0.15) is 0 Å². The van der Waals surface area contributed by atoms with E-state index in [-0.39, 0.29) is 0 Å². The summed E-state index contributed by atoms with van der Waals surface area (Å²) in [4.78, 5) is 10.6. The number of amides is 1. The molecule has 0 saturated heterocycles. The molecule has 0 aromatic heterocycles. The fourth-order valence-corrected chi connectivity index (χ4v) is 1.11. The fraction of sp³-hybridized carbons (Fsp3) is 0.900. The van der Waals surface area contributed by atoms with Crippen LogP contribution in [0.4, 0.5) is 4.79 Å². The van der Waals surface area contributed by atoms with Crippen LogP contribution in [-0.4, -0.2) is 52.1 Å². The molecule has 0 unspecified atom stereocenters. The van der Waals surface area contributed by atoms with E-state index in [0.717, 1.165) is 19.4 Å². The second-order valence-electron chi connectivity index (χ2n) is 3.04. The van der Waals surface area contributed by atoms with Crippen molar-refractivity contribution in [3.05, 3.63) is 0 Å². The second-order valence-corrected chi connectivity index (χ2v) is 3.42. The van der Waals surface area contributed by atoms with Gasteiger partial charge < -0.3 is 19.5 Å². The SMILES string of the molecule is COC(=O)NCCOCCOCCCCCl. The van der Waals surface area contributed by atoms with Crippen LogP contribution >= 0.6 is 11.6 Å². The highest BCUT2D eigenvalue weighted by molar-refractivity contribution is 6.17. The van der Waals surface area contributed by atoms with Crippen molar-refractivity contribution in [3.8, 4) is 0 Å². The highest BCUT2D eigenvalue weighted by atomic mass is 35.5. The van der Waals surface area contributed by atoms with Gasteiger partial charge in [-0.15, -0.1) is 11.6 Å². The third-order valence-corrected chi connectivity index (χ3v) is 2.01. The van der Waals surface area contributed by atoms with E-state index in [0.29, 0.717) is 32.2 Å². The molecule has 96 valence electrons. The highest BCUT2D eigenvalue weighted by Gasteiger charge is 1.96. The first-order valence-corrected chi connectivity index (χ1v) is 5.88. The topological polar surface area (TPSA) is 56.8 Å². The van der Waals surface area contributed by atoms with Crippen molar-refractivity contribution in [3.63, 3.8) is 0 Å². The van der Waals surface area contributed by atoms with Crippen LogP contribution in [0.25, 0.3) is 0 Å². The van der Waals surface area contributed by atoms with E-state index >= 15 is 0 Å². The molecule has 0 fully saturated rings. The molecule has 5 nitrogen and oxygen atoms in total. The first-order valence-electron chi connectivity index (χ1n) is 5.34. The minimum atomic E-state index is -0.444. The van der Waals surface area contributed by atoms with Crippen molar-refractivity contribution in [1.29, 1.82) is 0 Å². The van der Waals surface area contributed by atoms with Gasteiger partial charge in [0, 0.05) is 19.0 Å². The molecule has 0 bridgehead atoms. The average molecular weight is 254 g/mol. The maximum Gasteiger partial charge on any atom is 0.406 e. The van der Waals surface area contributed by atoms with Gasteiger partial charge in [-0.25, -0.2) is 4.79 Å². The number of unbranched alkanes of at least 4 members (excludes halogenated alkanes) is 1. The summed E-state index contributed by atoms with van der Waals surface area (Å²) >= 11 is 5.51. The Morgan fingerprint density at radius 2 is 1.81 bits per heavy atom. The molecule has 0 aliphatic carbocycles. The summed E-state index contributed by atoms with van der Waals surface area (Å²) in [5.74, 6) is 0.680. The molecule has 0 radical (unpaired) electrons. The maximum absolute atomic E-state index is 10.6. The van der Waals surface area contributed by atoms with E-state index < -0.39 is 6.09 Å². The third kappa shape index (κ3) is 11.6. The van der Waals surface area contributed by atoms with Crippen molar-refractivity contribution in [2.75, 3.05) is 46.0 Å². The molecule has 0 aliphatic rings. The number of halogens is 1. The standard InChI is InChI=1S/C10H20ClNO4/c1-14-10(13)12-5-7-16-9-8-15-6-3-2-4-11/h2-9H2,1H3,(H,12,13). The highest BCUT2D eigenvalue weighted by Crippen LogP contribution is 1.92. The lowest BCUT2D eigenvalue weighted by Gasteiger charge is -2.06. The summed E-state index contributed by atoms with van der Waals surface area (Å²) in [6.07, 6.45) is 1.51. The number of alkyl halides is 1. The molecule has 0 heterocycles. The van der Waals surface area contributed by atoms with Crippen LogP contribution in [0, 0.1) is 0 Å². The summed E-state index contributed by atoms with van der Waals surface area (Å²) < 4.78 is 14.9. The smallest absolute Gasteiger partial charge is 0.406 e. The first-order chi connectivity index (χ1) is 7.81. The number of hydrogen-bond donors (Lipinski definition) is 1. The summed E-state index contributed by atoms with van der Waals surface area (Å²) in [6.45, 7) is 2.72. The molecule has 0 rings (SSSR count). The van der Waals surface area contributed by atoms with Crippen molar-refractivity contribution in [1.82, 2.24) is 5.32 Å². The van der Waals surface area contributed by atoms with Gasteiger partial charge in [0.2, 0.25) is 0 Å². The summed E-state index contributed by atoms with van der Waals surface area (Å²) in [6, 6.07) is 0. The van der Waals surface area contributed by atoms with E-state index in [9.17, 15) is 4.79 Å². The largest absolute Gasteiger partial charge is 0.453 e. The van der Waals surface area contributed by atoms with E-state index in [1.807, 2.05) is 0 Å². The van der Waals surface area contributed by atoms with Gasteiger partial charge in [-0.3, -0.25) is 0 Å². The number of methoxy groups -OCH3 is 1. The van der Waals surface area contributed by atoms with E-state index in [4.69, 9.17) is 21.1 Å². The quantitative estimate of drug-likeness (QED) is 0.472. The Morgan fingerprint density at radius 3 is 2.44 bits per heavy atom. The molecule has 6 heteroatoms. The lowest BCUT2D eigenvalue weighted by molar-refractivity contribution is 0.0476.